The molecule has 0 bridgehead atoms. The first kappa shape index (κ1) is 20.8. The summed E-state index contributed by atoms with van der Waals surface area (Å²) < 4.78 is 11.1. The molecule has 0 saturated carbocycles. The third-order valence-corrected chi connectivity index (χ3v) is 3.74. The van der Waals surface area contributed by atoms with Gasteiger partial charge in [0.25, 0.3) is 0 Å². The van der Waals surface area contributed by atoms with E-state index in [9.17, 15) is 4.79 Å². The van der Waals surface area contributed by atoms with Gasteiger partial charge < -0.3 is 20.1 Å². The molecule has 27 heavy (non-hydrogen) atoms. The maximum atomic E-state index is 11.7. The van der Waals surface area contributed by atoms with Crippen LogP contribution in [0, 0.1) is 6.92 Å². The zero-order valence-corrected chi connectivity index (χ0v) is 16.9. The molecular formula is C22H30N2O3. The van der Waals surface area contributed by atoms with E-state index in [0.717, 1.165) is 29.0 Å². The summed E-state index contributed by atoms with van der Waals surface area (Å²) in [5.74, 6) is 0.783. The van der Waals surface area contributed by atoms with Gasteiger partial charge in [0.15, 0.2) is 0 Å². The second-order valence-electron chi connectivity index (χ2n) is 7.54. The van der Waals surface area contributed by atoms with Crippen molar-refractivity contribution in [3.05, 3.63) is 53.6 Å². The molecule has 0 aliphatic carbocycles. The van der Waals surface area contributed by atoms with Gasteiger partial charge in [-0.15, -0.1) is 0 Å². The van der Waals surface area contributed by atoms with Crippen molar-refractivity contribution in [1.29, 1.82) is 0 Å². The second-order valence-corrected chi connectivity index (χ2v) is 7.54. The molecule has 2 aromatic carbocycles. The molecule has 0 atom stereocenters. The zero-order valence-electron chi connectivity index (χ0n) is 16.9. The van der Waals surface area contributed by atoms with Crippen molar-refractivity contribution in [3.63, 3.8) is 0 Å². The van der Waals surface area contributed by atoms with Crippen molar-refractivity contribution in [3.8, 4) is 16.9 Å². The van der Waals surface area contributed by atoms with Gasteiger partial charge in [-0.3, -0.25) is 0 Å². The molecule has 0 aromatic heterocycles. The third-order valence-electron chi connectivity index (χ3n) is 3.74. The number of benzene rings is 2. The molecule has 0 fully saturated rings. The highest BCUT2D eigenvalue weighted by Crippen LogP contribution is 2.27. The highest BCUT2D eigenvalue weighted by Gasteiger charge is 2.15. The number of hydrogen-bond donors (Lipinski definition) is 2. The van der Waals surface area contributed by atoms with Crippen LogP contribution >= 0.6 is 0 Å². The lowest BCUT2D eigenvalue weighted by Gasteiger charge is -2.19. The molecule has 0 saturated heterocycles. The highest BCUT2D eigenvalue weighted by molar-refractivity contribution is 5.68. The van der Waals surface area contributed by atoms with Crippen LogP contribution in [0.5, 0.6) is 5.75 Å². The molecule has 0 aliphatic heterocycles. The van der Waals surface area contributed by atoms with E-state index in [1.54, 1.807) is 0 Å². The van der Waals surface area contributed by atoms with Crippen molar-refractivity contribution in [1.82, 2.24) is 10.6 Å². The first-order valence-corrected chi connectivity index (χ1v) is 9.22. The number of alkyl carbamates (subject to hydrolysis) is 1. The summed E-state index contributed by atoms with van der Waals surface area (Å²) in [5.41, 5.74) is 4.13. The molecule has 0 unspecified atom stereocenters. The highest BCUT2D eigenvalue weighted by atomic mass is 16.6. The number of ether oxygens (including phenoxy) is 2. The molecule has 5 nitrogen and oxygen atoms in total. The fraction of sp³-hybridized carbons (Fsp3) is 0.409. The minimum atomic E-state index is -0.505. The van der Waals surface area contributed by atoms with Gasteiger partial charge in [0, 0.05) is 6.54 Å². The minimum Gasteiger partial charge on any atom is -0.492 e. The van der Waals surface area contributed by atoms with Gasteiger partial charge in [0.2, 0.25) is 0 Å². The average molecular weight is 370 g/mol. The molecule has 0 radical (unpaired) electrons. The first-order valence-electron chi connectivity index (χ1n) is 9.22. The van der Waals surface area contributed by atoms with Gasteiger partial charge in [-0.2, -0.15) is 0 Å². The molecule has 0 heterocycles. The van der Waals surface area contributed by atoms with Crippen LogP contribution in [0.3, 0.4) is 0 Å². The van der Waals surface area contributed by atoms with Crippen LogP contribution in [0.4, 0.5) is 4.79 Å². The molecular weight excluding hydrogens is 340 g/mol. The largest absolute Gasteiger partial charge is 0.492 e. The van der Waals surface area contributed by atoms with E-state index in [2.05, 4.69) is 47.9 Å². The lowest BCUT2D eigenvalue weighted by Crippen LogP contribution is -2.34. The fourth-order valence-electron chi connectivity index (χ4n) is 2.68. The average Bonchev–Trinajstić information content (AvgIpc) is 2.57. The van der Waals surface area contributed by atoms with Gasteiger partial charge in [0.05, 0.1) is 6.54 Å². The van der Waals surface area contributed by atoms with Gasteiger partial charge in [0.1, 0.15) is 18.0 Å². The Bertz CT molecular complexity index is 766. The number of amides is 1. The van der Waals surface area contributed by atoms with E-state index < -0.39 is 11.7 Å². The third kappa shape index (κ3) is 7.31. The minimum absolute atomic E-state index is 0.371. The van der Waals surface area contributed by atoms with Crippen LogP contribution in [-0.4, -0.2) is 31.9 Å². The summed E-state index contributed by atoms with van der Waals surface area (Å²) in [5, 5.41) is 5.88. The summed E-state index contributed by atoms with van der Waals surface area (Å²) in [7, 11) is 1.92. The van der Waals surface area contributed by atoms with Crippen LogP contribution in [0.15, 0.2) is 42.5 Å². The quantitative estimate of drug-likeness (QED) is 0.714. The Morgan fingerprint density at radius 1 is 1.07 bits per heavy atom. The Morgan fingerprint density at radius 2 is 1.85 bits per heavy atom. The number of carbonyl (C=O) groups excluding carboxylic acids is 1. The summed E-state index contributed by atoms with van der Waals surface area (Å²) in [4.78, 5) is 11.7. The maximum Gasteiger partial charge on any atom is 0.407 e. The molecule has 0 spiro atoms. The van der Waals surface area contributed by atoms with Crippen molar-refractivity contribution >= 4 is 6.09 Å². The van der Waals surface area contributed by atoms with Gasteiger partial charge >= 0.3 is 6.09 Å². The van der Waals surface area contributed by atoms with E-state index in [0.29, 0.717) is 13.2 Å². The van der Waals surface area contributed by atoms with Crippen LogP contribution < -0.4 is 15.4 Å². The fourth-order valence-corrected chi connectivity index (χ4v) is 2.68. The first-order chi connectivity index (χ1) is 12.8. The monoisotopic (exact) mass is 370 g/mol. The van der Waals surface area contributed by atoms with Crippen LogP contribution in [0.2, 0.25) is 0 Å². The topological polar surface area (TPSA) is 59.6 Å². The zero-order chi connectivity index (χ0) is 19.9. The van der Waals surface area contributed by atoms with Gasteiger partial charge in [-0.25, -0.2) is 4.79 Å². The molecule has 2 aromatic rings. The molecule has 2 rings (SSSR count). The SMILES string of the molecule is CNCc1cc(OCCNC(=O)OC(C)(C)C)cc(-c2cccc(C)c2)c1. The van der Waals surface area contributed by atoms with Gasteiger partial charge in [-0.05, 0) is 69.6 Å². The normalized spacial score (nSPS) is 11.1. The molecule has 5 heteroatoms. The summed E-state index contributed by atoms with van der Waals surface area (Å²) in [6, 6.07) is 14.6. The number of carbonyl (C=O) groups is 1. The molecule has 146 valence electrons. The Hall–Kier alpha value is -2.53. The van der Waals surface area contributed by atoms with Crippen molar-refractivity contribution in [2.75, 3.05) is 20.2 Å². The Balaban J connectivity index is 2.02. The van der Waals surface area contributed by atoms with Crippen LogP contribution in [0.1, 0.15) is 31.9 Å². The Labute approximate surface area is 162 Å². The second kappa shape index (κ2) is 9.42. The number of rotatable bonds is 7. The summed E-state index contributed by atoms with van der Waals surface area (Å²) >= 11 is 0. The lowest BCUT2D eigenvalue weighted by molar-refractivity contribution is 0.0520. The number of nitrogens with one attached hydrogen (secondary N) is 2. The predicted molar refractivity (Wildman–Crippen MR) is 109 cm³/mol. The van der Waals surface area contributed by atoms with E-state index in [1.807, 2.05) is 40.0 Å². The van der Waals surface area contributed by atoms with E-state index in [4.69, 9.17) is 9.47 Å². The van der Waals surface area contributed by atoms with E-state index >= 15 is 0 Å². The maximum absolute atomic E-state index is 11.7. The number of hydrogen-bond acceptors (Lipinski definition) is 4. The smallest absolute Gasteiger partial charge is 0.407 e. The summed E-state index contributed by atoms with van der Waals surface area (Å²) in [6.07, 6.45) is -0.435. The van der Waals surface area contributed by atoms with Gasteiger partial charge in [-0.1, -0.05) is 29.8 Å². The summed E-state index contributed by atoms with van der Waals surface area (Å²) in [6.45, 7) is 9.10. The standard InChI is InChI=1S/C22H30N2O3/c1-16-7-6-8-18(11-16)19-12-17(15-23-5)13-20(14-19)26-10-9-24-21(25)27-22(2,3)4/h6-8,11-14,23H,9-10,15H2,1-5H3,(H,24,25). The Kier molecular flexibility index (Phi) is 7.25. The predicted octanol–water partition coefficient (Wildman–Crippen LogP) is 4.28. The van der Waals surface area contributed by atoms with Crippen LogP contribution in [0.25, 0.3) is 11.1 Å². The van der Waals surface area contributed by atoms with E-state index in [-0.39, 0.29) is 0 Å². The molecule has 2 N–H and O–H groups in total. The van der Waals surface area contributed by atoms with Crippen LogP contribution in [-0.2, 0) is 11.3 Å². The molecule has 0 aliphatic rings. The van der Waals surface area contributed by atoms with Crippen molar-refractivity contribution < 1.29 is 14.3 Å². The number of aryl methyl sites for hydroxylation is 1. The molecule has 1 amide bonds. The lowest BCUT2D eigenvalue weighted by atomic mass is 10.0. The Morgan fingerprint density at radius 3 is 2.52 bits per heavy atom. The van der Waals surface area contributed by atoms with Crippen molar-refractivity contribution in [2.45, 2.75) is 39.8 Å². The van der Waals surface area contributed by atoms with E-state index in [1.165, 1.54) is 5.56 Å². The van der Waals surface area contributed by atoms with Crippen molar-refractivity contribution in [2.24, 2.45) is 0 Å².